The second kappa shape index (κ2) is 12.8. The number of hydrogen-bond acceptors (Lipinski definition) is 8. The molecule has 8 N–H and O–H groups in total. The number of nitrogens with two attached hydrogens (primary N) is 1. The van der Waals surface area contributed by atoms with Crippen molar-refractivity contribution in [3.8, 4) is 0 Å². The summed E-state index contributed by atoms with van der Waals surface area (Å²) in [6.45, 7) is -1.89. The van der Waals surface area contributed by atoms with Gasteiger partial charge in [-0.1, -0.05) is 0 Å². The Morgan fingerprint density at radius 3 is 2.09 bits per heavy atom. The Bertz CT molecular complexity index is 772. The number of carboxylic acids is 2. The number of rotatable bonds is 12. The lowest BCUT2D eigenvalue weighted by Gasteiger charge is -2.28. The predicted molar refractivity (Wildman–Crippen MR) is 105 cm³/mol. The van der Waals surface area contributed by atoms with Gasteiger partial charge >= 0.3 is 11.9 Å². The van der Waals surface area contributed by atoms with Gasteiger partial charge in [0.25, 0.3) is 0 Å². The molecule has 32 heavy (non-hydrogen) atoms. The van der Waals surface area contributed by atoms with Crippen molar-refractivity contribution in [3.05, 3.63) is 0 Å². The monoisotopic (exact) mass is 458 g/mol. The second-order valence-electron chi connectivity index (χ2n) is 6.78. The Morgan fingerprint density at radius 2 is 1.50 bits per heavy atom. The lowest BCUT2D eigenvalue weighted by atomic mass is 10.1. The van der Waals surface area contributed by atoms with Crippen molar-refractivity contribution in [2.24, 2.45) is 5.73 Å². The molecule has 0 aliphatic carbocycles. The van der Waals surface area contributed by atoms with E-state index in [0.29, 0.717) is 6.42 Å². The highest BCUT2D eigenvalue weighted by Gasteiger charge is 2.38. The molecule has 0 radical (unpaired) electrons. The maximum Gasteiger partial charge on any atom is 0.322 e. The van der Waals surface area contributed by atoms with Gasteiger partial charge in [0.2, 0.25) is 29.5 Å². The molecule has 0 bridgehead atoms. The fourth-order valence-electron chi connectivity index (χ4n) is 2.90. The first-order valence-electron chi connectivity index (χ1n) is 9.59. The molecule has 2 atom stereocenters. The average molecular weight is 458 g/mol. The Labute approximate surface area is 182 Å². The van der Waals surface area contributed by atoms with Crippen LogP contribution in [0.15, 0.2) is 0 Å². The fourth-order valence-corrected chi connectivity index (χ4v) is 2.90. The normalized spacial score (nSPS) is 15.9. The highest BCUT2D eigenvalue weighted by Crippen LogP contribution is 2.19. The zero-order valence-corrected chi connectivity index (χ0v) is 17.1. The van der Waals surface area contributed by atoms with Crippen molar-refractivity contribution >= 4 is 41.5 Å². The van der Waals surface area contributed by atoms with Crippen molar-refractivity contribution in [2.45, 2.75) is 31.3 Å². The standard InChI is InChI=1S/C17H26N6O9/c18-5-11(24)19-7-13(26)22-9(4-14(27)28)17(32)23-3-1-2-10(23)16(31)21-6-12(25)20-8-15(29)30/h9-10H,1-8,18H2,(H,19,24)(H,20,25)(H,21,31)(H,22,26)(H,27,28)(H,29,30)/t9-,10-/m0/s1. The molecule has 1 fully saturated rings. The number of hydrogen-bond donors (Lipinski definition) is 7. The van der Waals surface area contributed by atoms with E-state index >= 15 is 0 Å². The molecule has 15 heteroatoms. The first-order chi connectivity index (χ1) is 15.0. The number of nitrogens with zero attached hydrogens (tertiary/aromatic N) is 1. The summed E-state index contributed by atoms with van der Waals surface area (Å²) in [6.07, 6.45) is -0.0816. The molecule has 15 nitrogen and oxygen atoms in total. The maximum absolute atomic E-state index is 12.9. The molecule has 0 aromatic heterocycles. The van der Waals surface area contributed by atoms with Crippen LogP contribution < -0.4 is 27.0 Å². The zero-order chi connectivity index (χ0) is 24.3. The minimum atomic E-state index is -1.48. The van der Waals surface area contributed by atoms with Crippen LogP contribution in [-0.4, -0.2) is 101 Å². The van der Waals surface area contributed by atoms with E-state index in [9.17, 15) is 33.6 Å². The Morgan fingerprint density at radius 1 is 0.875 bits per heavy atom. The third-order valence-electron chi connectivity index (χ3n) is 4.34. The van der Waals surface area contributed by atoms with Gasteiger partial charge in [0, 0.05) is 6.54 Å². The lowest BCUT2D eigenvalue weighted by molar-refractivity contribution is -0.145. The van der Waals surface area contributed by atoms with E-state index in [4.69, 9.17) is 15.9 Å². The molecule has 0 aromatic rings. The highest BCUT2D eigenvalue weighted by atomic mass is 16.4. The molecule has 1 heterocycles. The lowest BCUT2D eigenvalue weighted by Crippen LogP contribution is -2.55. The van der Waals surface area contributed by atoms with Gasteiger partial charge < -0.3 is 42.1 Å². The van der Waals surface area contributed by atoms with Crippen molar-refractivity contribution in [2.75, 3.05) is 32.7 Å². The molecule has 0 unspecified atom stereocenters. The molecular weight excluding hydrogens is 432 g/mol. The topological polar surface area (TPSA) is 237 Å². The summed E-state index contributed by atoms with van der Waals surface area (Å²) in [5.41, 5.74) is 5.10. The quantitative estimate of drug-likeness (QED) is 0.147. The van der Waals surface area contributed by atoms with Crippen molar-refractivity contribution in [1.29, 1.82) is 0 Å². The number of carboxylic acid groups (broad SMARTS) is 2. The number of nitrogens with one attached hydrogen (secondary N) is 4. The Hall–Kier alpha value is -3.75. The van der Waals surface area contributed by atoms with Crippen LogP contribution in [0.2, 0.25) is 0 Å². The minimum Gasteiger partial charge on any atom is -0.481 e. The SMILES string of the molecule is NCC(=O)NCC(=O)N[C@@H](CC(=O)O)C(=O)N1CCC[C@H]1C(=O)NCC(=O)NCC(=O)O. The summed E-state index contributed by atoms with van der Waals surface area (Å²) in [4.78, 5) is 82.6. The van der Waals surface area contributed by atoms with Gasteiger partial charge in [-0.05, 0) is 12.8 Å². The van der Waals surface area contributed by atoms with Crippen LogP contribution in [0, 0.1) is 0 Å². The van der Waals surface area contributed by atoms with Crippen LogP contribution in [0.5, 0.6) is 0 Å². The third kappa shape index (κ3) is 8.95. The molecule has 178 valence electrons. The van der Waals surface area contributed by atoms with E-state index < -0.39 is 79.6 Å². The summed E-state index contributed by atoms with van der Waals surface area (Å²) in [5, 5.41) is 26.4. The largest absolute Gasteiger partial charge is 0.481 e. The predicted octanol–water partition coefficient (Wildman–Crippen LogP) is -4.67. The number of carbonyl (C=O) groups is 7. The van der Waals surface area contributed by atoms with Crippen LogP contribution in [-0.2, 0) is 33.6 Å². The van der Waals surface area contributed by atoms with E-state index in [2.05, 4.69) is 21.3 Å². The Kier molecular flexibility index (Phi) is 10.5. The van der Waals surface area contributed by atoms with E-state index in [1.54, 1.807) is 0 Å². The molecule has 0 saturated carbocycles. The molecular formula is C17H26N6O9. The summed E-state index contributed by atoms with van der Waals surface area (Å²) in [7, 11) is 0. The van der Waals surface area contributed by atoms with Gasteiger partial charge in [-0.15, -0.1) is 0 Å². The van der Waals surface area contributed by atoms with Crippen molar-refractivity contribution < 1.29 is 43.8 Å². The van der Waals surface area contributed by atoms with E-state index in [1.807, 2.05) is 0 Å². The minimum absolute atomic E-state index is 0.123. The zero-order valence-electron chi connectivity index (χ0n) is 17.1. The van der Waals surface area contributed by atoms with Crippen LogP contribution in [0.3, 0.4) is 0 Å². The molecule has 0 spiro atoms. The van der Waals surface area contributed by atoms with E-state index in [0.717, 1.165) is 4.90 Å². The van der Waals surface area contributed by atoms with Gasteiger partial charge in [-0.25, -0.2) is 0 Å². The number of likely N-dealkylation sites (tertiary alicyclic amines) is 1. The molecule has 5 amide bonds. The van der Waals surface area contributed by atoms with Crippen LogP contribution in [0.25, 0.3) is 0 Å². The van der Waals surface area contributed by atoms with Gasteiger partial charge in [0.15, 0.2) is 0 Å². The van der Waals surface area contributed by atoms with Crippen molar-refractivity contribution in [3.63, 3.8) is 0 Å². The summed E-state index contributed by atoms with van der Waals surface area (Å²) in [5.74, 6) is -6.30. The number of aliphatic carboxylic acids is 2. The molecule has 0 aromatic carbocycles. The van der Waals surface area contributed by atoms with Crippen molar-refractivity contribution in [1.82, 2.24) is 26.2 Å². The molecule has 1 aliphatic heterocycles. The average Bonchev–Trinajstić information content (AvgIpc) is 3.22. The van der Waals surface area contributed by atoms with E-state index in [1.165, 1.54) is 0 Å². The molecule has 1 rings (SSSR count). The first kappa shape index (κ1) is 26.3. The Balaban J connectivity index is 2.74. The van der Waals surface area contributed by atoms with Gasteiger partial charge in [-0.2, -0.15) is 0 Å². The highest BCUT2D eigenvalue weighted by molar-refractivity contribution is 5.96. The smallest absolute Gasteiger partial charge is 0.322 e. The maximum atomic E-state index is 12.9. The molecule has 1 aliphatic rings. The fraction of sp³-hybridized carbons (Fsp3) is 0.588. The number of carbonyl (C=O) groups excluding carboxylic acids is 5. The second-order valence-corrected chi connectivity index (χ2v) is 6.78. The van der Waals surface area contributed by atoms with Crippen LogP contribution in [0.1, 0.15) is 19.3 Å². The van der Waals surface area contributed by atoms with E-state index in [-0.39, 0.29) is 19.5 Å². The van der Waals surface area contributed by atoms with Crippen LogP contribution >= 0.6 is 0 Å². The van der Waals surface area contributed by atoms with Gasteiger partial charge in [0.05, 0.1) is 26.1 Å². The van der Waals surface area contributed by atoms with Crippen LogP contribution in [0.4, 0.5) is 0 Å². The first-order valence-corrected chi connectivity index (χ1v) is 9.59. The summed E-state index contributed by atoms with van der Waals surface area (Å²) < 4.78 is 0. The summed E-state index contributed by atoms with van der Waals surface area (Å²) >= 11 is 0. The third-order valence-corrected chi connectivity index (χ3v) is 4.34. The molecule has 1 saturated heterocycles. The summed E-state index contributed by atoms with van der Waals surface area (Å²) in [6, 6.07) is -2.48. The number of amides is 5. The van der Waals surface area contributed by atoms with Gasteiger partial charge in [0.1, 0.15) is 18.6 Å². The van der Waals surface area contributed by atoms with Gasteiger partial charge in [-0.3, -0.25) is 33.6 Å².